The molecule has 0 spiro atoms. The maximum absolute atomic E-state index is 10.1. The van der Waals surface area contributed by atoms with Crippen LogP contribution in [0.3, 0.4) is 0 Å². The first-order chi connectivity index (χ1) is 6.89. The molecule has 0 heterocycles. The number of carbonyl (C=O) groups excluding carboxylic acids is 1. The minimum Gasteiger partial charge on any atom is -0.726 e. The molecule has 0 atom stereocenters. The van der Waals surface area contributed by atoms with Crippen LogP contribution in [0.25, 0.3) is 0 Å². The third-order valence-corrected chi connectivity index (χ3v) is 1.54. The van der Waals surface area contributed by atoms with Crippen LogP contribution in [0.1, 0.15) is 27.7 Å². The maximum Gasteiger partial charge on any atom is 0.392 e. The Hall–Kier alpha value is -0.960. The van der Waals surface area contributed by atoms with Crippen LogP contribution in [0.5, 0.6) is 0 Å². The molecule has 16 heavy (non-hydrogen) atoms. The molecule has 0 aliphatic rings. The van der Waals surface area contributed by atoms with Crippen LogP contribution in [0, 0.1) is 0 Å². The van der Waals surface area contributed by atoms with Crippen LogP contribution in [-0.2, 0) is 24.2 Å². The zero-order chi connectivity index (χ0) is 13.6. The van der Waals surface area contributed by atoms with E-state index < -0.39 is 22.0 Å². The summed E-state index contributed by atoms with van der Waals surface area (Å²) in [6.07, 6.45) is 0. The van der Waals surface area contributed by atoms with Crippen LogP contribution in [0.2, 0.25) is 0 Å². The van der Waals surface area contributed by atoms with Gasteiger partial charge in [-0.3, -0.25) is 9.02 Å². The highest BCUT2D eigenvalue weighted by atomic mass is 32.3. The average Bonchev–Trinajstić information content (AvgIpc) is 1.96. The Labute approximate surface area is 95.1 Å². The van der Waals surface area contributed by atoms with E-state index in [-0.39, 0.29) is 0 Å². The van der Waals surface area contributed by atoms with Gasteiger partial charge >= 0.3 is 5.97 Å². The highest BCUT2D eigenvalue weighted by Crippen LogP contribution is 2.09. The fraction of sp³-hybridized carbons (Fsp3) is 0.625. The first-order valence-electron chi connectivity index (χ1n) is 4.17. The van der Waals surface area contributed by atoms with Crippen molar-refractivity contribution >= 4 is 16.4 Å². The summed E-state index contributed by atoms with van der Waals surface area (Å²) < 4.78 is 33.6. The predicted octanol–water partition coefficient (Wildman–Crippen LogP) is -0.476. The monoisotopic (exact) mass is 255 g/mol. The highest BCUT2D eigenvalue weighted by Gasteiger charge is 2.13. The molecule has 0 bridgehead atoms. The van der Waals surface area contributed by atoms with E-state index in [2.05, 4.69) is 21.5 Å². The van der Waals surface area contributed by atoms with Crippen LogP contribution in [-0.4, -0.2) is 24.5 Å². The highest BCUT2D eigenvalue weighted by molar-refractivity contribution is 7.80. The fourth-order valence-corrected chi connectivity index (χ4v) is 1.04. The minimum atomic E-state index is -4.53. The van der Waals surface area contributed by atoms with E-state index in [0.29, 0.717) is 5.57 Å². The topological polar surface area (TPSA) is 120 Å². The van der Waals surface area contributed by atoms with Gasteiger partial charge in [0.05, 0.1) is 5.60 Å². The molecule has 0 amide bonds. The van der Waals surface area contributed by atoms with E-state index >= 15 is 0 Å². The van der Waals surface area contributed by atoms with E-state index in [1.165, 1.54) is 20.8 Å². The normalized spacial score (nSPS) is 11.1. The fourth-order valence-electron chi connectivity index (χ4n) is 0.429. The Morgan fingerprint density at radius 3 is 1.75 bits per heavy atom. The molecule has 0 aromatic carbocycles. The van der Waals surface area contributed by atoms with Gasteiger partial charge in [0.1, 0.15) is 0 Å². The number of quaternary nitrogens is 1. The summed E-state index contributed by atoms with van der Waals surface area (Å²) in [5, 5.41) is 0. The minimum absolute atomic E-state index is 0.370. The lowest BCUT2D eigenvalue weighted by Gasteiger charge is -2.20. The van der Waals surface area contributed by atoms with Crippen molar-refractivity contribution < 1.29 is 32.7 Å². The van der Waals surface area contributed by atoms with Gasteiger partial charge in [-0.15, -0.1) is 0 Å². The maximum atomic E-state index is 10.1. The van der Waals surface area contributed by atoms with Crippen molar-refractivity contribution in [2.24, 2.45) is 0 Å². The molecule has 0 fully saturated rings. The van der Waals surface area contributed by atoms with Crippen molar-refractivity contribution in [3.05, 3.63) is 12.2 Å². The van der Waals surface area contributed by atoms with Gasteiger partial charge in [0, 0.05) is 5.57 Å². The van der Waals surface area contributed by atoms with Gasteiger partial charge in [-0.25, -0.2) is 13.2 Å². The summed E-state index contributed by atoms with van der Waals surface area (Å²) in [6.45, 7) is 9.34. The smallest absolute Gasteiger partial charge is 0.392 e. The van der Waals surface area contributed by atoms with E-state index in [4.69, 9.17) is 0 Å². The number of carbonyl (C=O) groups is 1. The molecule has 96 valence electrons. The van der Waals surface area contributed by atoms with Gasteiger partial charge < -0.3 is 4.55 Å². The van der Waals surface area contributed by atoms with E-state index in [1.807, 2.05) is 0 Å². The molecule has 0 aliphatic heterocycles. The van der Waals surface area contributed by atoms with Crippen LogP contribution < -0.4 is 5.90 Å². The first-order valence-corrected chi connectivity index (χ1v) is 5.50. The molecule has 0 radical (unpaired) electrons. The predicted molar refractivity (Wildman–Crippen MR) is 54.3 cm³/mol. The van der Waals surface area contributed by atoms with E-state index in [1.54, 1.807) is 6.92 Å². The molecule has 0 aromatic heterocycles. The van der Waals surface area contributed by atoms with Crippen molar-refractivity contribution in [3.8, 4) is 0 Å². The quantitative estimate of drug-likeness (QED) is 0.308. The van der Waals surface area contributed by atoms with Crippen LogP contribution in [0.4, 0.5) is 0 Å². The second-order valence-electron chi connectivity index (χ2n) is 3.82. The third-order valence-electron chi connectivity index (χ3n) is 0.832. The number of rotatable bonds is 2. The zero-order valence-electron chi connectivity index (χ0n) is 9.77. The Morgan fingerprint density at radius 1 is 1.38 bits per heavy atom. The number of hydrogen-bond donors (Lipinski definition) is 1. The Balaban J connectivity index is 0. The lowest BCUT2D eigenvalue weighted by molar-refractivity contribution is -0.656. The summed E-state index contributed by atoms with van der Waals surface area (Å²) in [7, 11) is -4.53. The second kappa shape index (κ2) is 6.59. The van der Waals surface area contributed by atoms with Crippen LogP contribution >= 0.6 is 0 Å². The molecule has 8 heteroatoms. The van der Waals surface area contributed by atoms with Gasteiger partial charge in [0.2, 0.25) is 10.4 Å². The van der Waals surface area contributed by atoms with E-state index in [9.17, 15) is 17.8 Å². The molecule has 3 N–H and O–H groups in total. The summed E-state index contributed by atoms with van der Waals surface area (Å²) in [4.78, 5) is 14.2. The summed E-state index contributed by atoms with van der Waals surface area (Å²) in [6, 6.07) is 0. The standard InChI is InChI=1S/C4H8NO2.C4H10O4S/c1-3(2)4(6)7-5;1-4(2,3)8-9(5,6)7/h1H2,2,5H3;1-3H3,(H,5,6,7)/q+1;/p-1. The zero-order valence-corrected chi connectivity index (χ0v) is 10.6. The lowest BCUT2D eigenvalue weighted by Crippen LogP contribution is -2.51. The van der Waals surface area contributed by atoms with Crippen molar-refractivity contribution in [3.63, 3.8) is 0 Å². The average molecular weight is 255 g/mol. The number of hydrogen-bond acceptors (Lipinski definition) is 6. The van der Waals surface area contributed by atoms with Gasteiger partial charge in [0.15, 0.2) is 0 Å². The van der Waals surface area contributed by atoms with E-state index in [0.717, 1.165) is 0 Å². The Kier molecular flexibility index (Phi) is 7.18. The molecular formula is C8H17NO6S. The Morgan fingerprint density at radius 2 is 1.75 bits per heavy atom. The third kappa shape index (κ3) is 15.5. The van der Waals surface area contributed by atoms with Crippen molar-refractivity contribution in [1.29, 1.82) is 0 Å². The van der Waals surface area contributed by atoms with Gasteiger partial charge in [-0.2, -0.15) is 5.90 Å². The lowest BCUT2D eigenvalue weighted by atomic mass is 10.2. The van der Waals surface area contributed by atoms with Crippen molar-refractivity contribution in [1.82, 2.24) is 0 Å². The first kappa shape index (κ1) is 17.4. The van der Waals surface area contributed by atoms with Crippen molar-refractivity contribution in [2.75, 3.05) is 0 Å². The molecule has 0 saturated heterocycles. The summed E-state index contributed by atoms with van der Waals surface area (Å²) >= 11 is 0. The largest absolute Gasteiger partial charge is 0.726 e. The molecule has 0 aliphatic carbocycles. The summed E-state index contributed by atoms with van der Waals surface area (Å²) in [5.41, 5.74) is -0.546. The molecule has 7 nitrogen and oxygen atoms in total. The Bertz CT molecular complexity index is 340. The SMILES string of the molecule is C=C(C)C(=O)O[NH3+].CC(C)(C)OS(=O)(=O)[O-]. The molecule has 0 saturated carbocycles. The summed E-state index contributed by atoms with van der Waals surface area (Å²) in [5.74, 6) is 2.44. The molecule has 0 rings (SSSR count). The van der Waals surface area contributed by atoms with Gasteiger partial charge in [0.25, 0.3) is 0 Å². The van der Waals surface area contributed by atoms with Crippen molar-refractivity contribution in [2.45, 2.75) is 33.3 Å². The van der Waals surface area contributed by atoms with Crippen LogP contribution in [0.15, 0.2) is 12.2 Å². The molecule has 0 aromatic rings. The molecular weight excluding hydrogens is 238 g/mol. The van der Waals surface area contributed by atoms with Gasteiger partial charge in [-0.05, 0) is 27.7 Å². The second-order valence-corrected chi connectivity index (χ2v) is 4.80. The van der Waals surface area contributed by atoms with Gasteiger partial charge in [-0.1, -0.05) is 6.58 Å². The molecule has 0 unspecified atom stereocenters.